The minimum Gasteiger partial charge on any atom is -0.406 e. The third-order valence-corrected chi connectivity index (χ3v) is 5.43. The maximum Gasteiger partial charge on any atom is 0.573 e. The van der Waals surface area contributed by atoms with Crippen molar-refractivity contribution in [3.05, 3.63) is 95.8 Å². The largest absolute Gasteiger partial charge is 0.573 e. The highest BCUT2D eigenvalue weighted by Gasteiger charge is 2.31. The van der Waals surface area contributed by atoms with Crippen LogP contribution in [0, 0.1) is 6.92 Å². The van der Waals surface area contributed by atoms with E-state index in [0.29, 0.717) is 16.5 Å². The zero-order chi connectivity index (χ0) is 25.7. The van der Waals surface area contributed by atoms with Crippen LogP contribution in [-0.2, 0) is 6.54 Å². The summed E-state index contributed by atoms with van der Waals surface area (Å²) in [5, 5.41) is 9.82. The van der Waals surface area contributed by atoms with Gasteiger partial charge in [0.1, 0.15) is 17.1 Å². The number of ether oxygens (including phenoxy) is 1. The summed E-state index contributed by atoms with van der Waals surface area (Å²) < 4.78 is 42.3. The first-order chi connectivity index (χ1) is 17.2. The molecule has 11 heteroatoms. The molecule has 0 saturated heterocycles. The fourth-order valence-corrected chi connectivity index (χ4v) is 3.64. The fraction of sp³-hybridized carbons (Fsp3) is 0.120. The number of thiocarbonyl (C=S) groups is 1. The summed E-state index contributed by atoms with van der Waals surface area (Å²) in [5.41, 5.74) is 3.89. The number of alkyl halides is 3. The van der Waals surface area contributed by atoms with Gasteiger partial charge in [-0.05, 0) is 42.3 Å². The first-order valence-electron chi connectivity index (χ1n) is 10.7. The molecule has 4 rings (SSSR count). The van der Waals surface area contributed by atoms with E-state index >= 15 is 0 Å². The molecule has 3 aromatic carbocycles. The summed E-state index contributed by atoms with van der Waals surface area (Å²) >= 11 is 5.31. The van der Waals surface area contributed by atoms with Crippen molar-refractivity contribution in [3.8, 4) is 22.8 Å². The van der Waals surface area contributed by atoms with Gasteiger partial charge in [0.15, 0.2) is 5.82 Å². The highest BCUT2D eigenvalue weighted by Crippen LogP contribution is 2.24. The average molecular weight is 512 g/mol. The van der Waals surface area contributed by atoms with E-state index in [0.717, 1.165) is 22.3 Å². The molecule has 184 valence electrons. The van der Waals surface area contributed by atoms with Gasteiger partial charge in [-0.15, -0.1) is 18.3 Å². The van der Waals surface area contributed by atoms with Gasteiger partial charge in [-0.25, -0.2) is 14.5 Å². The van der Waals surface area contributed by atoms with Crippen LogP contribution in [0.5, 0.6) is 5.75 Å². The van der Waals surface area contributed by atoms with Crippen LogP contribution in [0.15, 0.2) is 79.1 Å². The van der Waals surface area contributed by atoms with Crippen LogP contribution in [0.25, 0.3) is 17.1 Å². The molecule has 0 saturated carbocycles. The number of hydrogen-bond acceptors (Lipinski definition) is 5. The van der Waals surface area contributed by atoms with Crippen LogP contribution in [-0.4, -0.2) is 32.1 Å². The zero-order valence-corrected chi connectivity index (χ0v) is 19.7. The molecule has 2 N–H and O–H groups in total. The van der Waals surface area contributed by atoms with Gasteiger partial charge in [0.2, 0.25) is 0 Å². The molecule has 0 spiro atoms. The summed E-state index contributed by atoms with van der Waals surface area (Å²) in [5.74, 6) is 0.118. The molecule has 0 aliphatic carbocycles. The van der Waals surface area contributed by atoms with Crippen LogP contribution in [0.2, 0.25) is 0 Å². The zero-order valence-electron chi connectivity index (χ0n) is 18.9. The van der Waals surface area contributed by atoms with Crippen molar-refractivity contribution in [2.75, 3.05) is 0 Å². The molecule has 0 aliphatic heterocycles. The van der Waals surface area contributed by atoms with E-state index in [9.17, 15) is 18.0 Å². The van der Waals surface area contributed by atoms with Gasteiger partial charge in [-0.2, -0.15) is 0 Å². The number of halogens is 3. The molecule has 4 aromatic rings. The van der Waals surface area contributed by atoms with Crippen LogP contribution < -0.4 is 15.4 Å². The Morgan fingerprint density at radius 3 is 2.39 bits per heavy atom. The third kappa shape index (κ3) is 6.45. The van der Waals surface area contributed by atoms with Crippen molar-refractivity contribution in [2.45, 2.75) is 19.8 Å². The molecule has 1 aromatic heterocycles. The lowest BCUT2D eigenvalue weighted by Crippen LogP contribution is -2.38. The standard InChI is InChI=1S/C25H20F3N5O2S/c1-16-4-2-3-5-21(16)23(36)31-24(34)29-14-17-6-8-18(9-7-17)22-30-15-33(32-22)19-10-12-20(13-11-19)35-25(26,27)28/h2-13,15H,14H2,1H3,(H2,29,31,34,36). The summed E-state index contributed by atoms with van der Waals surface area (Å²) in [4.78, 5) is 16.8. The number of hydrogen-bond donors (Lipinski definition) is 2. The van der Waals surface area contributed by atoms with Gasteiger partial charge < -0.3 is 10.1 Å². The fourth-order valence-electron chi connectivity index (χ4n) is 3.32. The monoisotopic (exact) mass is 511 g/mol. The highest BCUT2D eigenvalue weighted by atomic mass is 32.1. The summed E-state index contributed by atoms with van der Waals surface area (Å²) in [7, 11) is 0. The number of aromatic nitrogens is 3. The number of rotatable bonds is 6. The van der Waals surface area contributed by atoms with Crippen molar-refractivity contribution in [1.82, 2.24) is 25.4 Å². The highest BCUT2D eigenvalue weighted by molar-refractivity contribution is 7.80. The Balaban J connectivity index is 1.33. The molecule has 0 fully saturated rings. The minimum atomic E-state index is -4.75. The second-order valence-corrected chi connectivity index (χ2v) is 8.11. The van der Waals surface area contributed by atoms with Gasteiger partial charge >= 0.3 is 12.4 Å². The molecular weight excluding hydrogens is 491 g/mol. The number of benzene rings is 3. The van der Waals surface area contributed by atoms with Crippen molar-refractivity contribution in [2.24, 2.45) is 0 Å². The van der Waals surface area contributed by atoms with Gasteiger partial charge in [0.25, 0.3) is 0 Å². The lowest BCUT2D eigenvalue weighted by Gasteiger charge is -2.11. The summed E-state index contributed by atoms with van der Waals surface area (Å²) in [6.45, 7) is 2.21. The minimum absolute atomic E-state index is 0.288. The molecule has 0 radical (unpaired) electrons. The molecular formula is C25H20F3N5O2S. The number of nitrogens with zero attached hydrogens (tertiary/aromatic N) is 3. The van der Waals surface area contributed by atoms with E-state index < -0.39 is 12.4 Å². The lowest BCUT2D eigenvalue weighted by atomic mass is 10.1. The van der Waals surface area contributed by atoms with Crippen molar-refractivity contribution >= 4 is 23.2 Å². The third-order valence-electron chi connectivity index (χ3n) is 5.11. The predicted molar refractivity (Wildman–Crippen MR) is 132 cm³/mol. The van der Waals surface area contributed by atoms with E-state index in [1.807, 2.05) is 55.5 Å². The van der Waals surface area contributed by atoms with E-state index in [1.54, 1.807) is 0 Å². The quantitative estimate of drug-likeness (QED) is 0.343. The van der Waals surface area contributed by atoms with Gasteiger partial charge in [-0.1, -0.05) is 60.7 Å². The first kappa shape index (κ1) is 24.9. The normalized spacial score (nSPS) is 11.1. The SMILES string of the molecule is Cc1ccccc1C(=S)NC(=O)NCc1ccc(-c2ncn(-c3ccc(OC(F)(F)F)cc3)n2)cc1. The van der Waals surface area contributed by atoms with Crippen LogP contribution in [0.1, 0.15) is 16.7 Å². The van der Waals surface area contributed by atoms with Gasteiger partial charge in [0, 0.05) is 17.7 Å². The molecule has 36 heavy (non-hydrogen) atoms. The smallest absolute Gasteiger partial charge is 0.406 e. The Hall–Kier alpha value is -4.25. The number of nitrogens with one attached hydrogen (secondary N) is 2. The van der Waals surface area contributed by atoms with Crippen molar-refractivity contribution in [1.29, 1.82) is 0 Å². The number of carbonyl (C=O) groups excluding carboxylic acids is 1. The predicted octanol–water partition coefficient (Wildman–Crippen LogP) is 5.32. The van der Waals surface area contributed by atoms with Crippen LogP contribution in [0.3, 0.4) is 0 Å². The molecule has 0 aliphatic rings. The second-order valence-electron chi connectivity index (χ2n) is 7.70. The first-order valence-corrected chi connectivity index (χ1v) is 11.1. The molecule has 2 amide bonds. The van der Waals surface area contributed by atoms with E-state index in [-0.39, 0.29) is 12.3 Å². The topological polar surface area (TPSA) is 81.1 Å². The summed E-state index contributed by atoms with van der Waals surface area (Å²) in [6.07, 6.45) is -3.28. The molecule has 0 atom stereocenters. The summed E-state index contributed by atoms with van der Waals surface area (Å²) in [6, 6.07) is 19.7. The Bertz CT molecular complexity index is 1370. The van der Waals surface area contributed by atoms with Crippen LogP contribution in [0.4, 0.5) is 18.0 Å². The maximum absolute atomic E-state index is 12.3. The lowest BCUT2D eigenvalue weighted by molar-refractivity contribution is -0.274. The average Bonchev–Trinajstić information content (AvgIpc) is 3.33. The van der Waals surface area contributed by atoms with E-state index in [1.165, 1.54) is 35.3 Å². The van der Waals surface area contributed by atoms with Crippen molar-refractivity contribution < 1.29 is 22.7 Å². The van der Waals surface area contributed by atoms with E-state index in [4.69, 9.17) is 12.2 Å². The second kappa shape index (κ2) is 10.6. The Morgan fingerprint density at radius 2 is 1.72 bits per heavy atom. The number of amides is 2. The Kier molecular flexibility index (Phi) is 7.30. The molecule has 0 unspecified atom stereocenters. The Labute approximate surface area is 209 Å². The Morgan fingerprint density at radius 1 is 1.03 bits per heavy atom. The number of carbonyl (C=O) groups is 1. The van der Waals surface area contributed by atoms with Crippen LogP contribution >= 0.6 is 12.2 Å². The molecule has 7 nitrogen and oxygen atoms in total. The van der Waals surface area contributed by atoms with E-state index in [2.05, 4.69) is 25.5 Å². The van der Waals surface area contributed by atoms with Gasteiger partial charge in [0.05, 0.1) is 5.69 Å². The molecule has 0 bridgehead atoms. The molecule has 1 heterocycles. The number of urea groups is 1. The van der Waals surface area contributed by atoms with Crippen molar-refractivity contribution in [3.63, 3.8) is 0 Å². The number of aryl methyl sites for hydroxylation is 1. The van der Waals surface area contributed by atoms with Gasteiger partial charge in [-0.3, -0.25) is 5.32 Å². The maximum atomic E-state index is 12.3.